The van der Waals surface area contributed by atoms with Crippen molar-refractivity contribution in [3.63, 3.8) is 0 Å². The van der Waals surface area contributed by atoms with E-state index in [1.165, 1.54) is 25.7 Å². The Labute approximate surface area is 127 Å². The first-order valence-electron chi connectivity index (χ1n) is 8.40. The molecule has 1 saturated heterocycles. The molecule has 4 heteroatoms. The Morgan fingerprint density at radius 3 is 2.86 bits per heavy atom. The van der Waals surface area contributed by atoms with Gasteiger partial charge in [0.2, 0.25) is 0 Å². The summed E-state index contributed by atoms with van der Waals surface area (Å²) in [7, 11) is 0. The summed E-state index contributed by atoms with van der Waals surface area (Å²) >= 11 is 0. The number of hydrogen-bond donors (Lipinski definition) is 1. The predicted molar refractivity (Wildman–Crippen MR) is 83.2 cm³/mol. The molecule has 2 aliphatic rings. The highest BCUT2D eigenvalue weighted by atomic mass is 16.5. The number of fused-ring (bicyclic) bond motifs is 1. The smallest absolute Gasteiger partial charge is 0.122 e. The van der Waals surface area contributed by atoms with Gasteiger partial charge in [0.25, 0.3) is 0 Å². The molecule has 0 spiro atoms. The van der Waals surface area contributed by atoms with Crippen molar-refractivity contribution in [1.82, 2.24) is 4.90 Å². The largest absolute Gasteiger partial charge is 0.465 e. The van der Waals surface area contributed by atoms with Crippen LogP contribution in [0.5, 0.6) is 0 Å². The molecule has 21 heavy (non-hydrogen) atoms. The molecule has 4 nitrogen and oxygen atoms in total. The molecule has 3 rings (SSSR count). The second-order valence-electron chi connectivity index (χ2n) is 6.46. The van der Waals surface area contributed by atoms with Crippen LogP contribution >= 0.6 is 0 Å². The van der Waals surface area contributed by atoms with Gasteiger partial charge in [-0.15, -0.1) is 0 Å². The third kappa shape index (κ3) is 3.03. The molecule has 2 N–H and O–H groups in total. The molecule has 1 saturated carbocycles. The third-order valence-corrected chi connectivity index (χ3v) is 5.06. The Bertz CT molecular complexity index is 457. The highest BCUT2D eigenvalue weighted by molar-refractivity contribution is 5.13. The number of aryl methyl sites for hydroxylation is 1. The minimum absolute atomic E-state index is 0.108. The average Bonchev–Trinajstić information content (AvgIpc) is 2.93. The Kier molecular flexibility index (Phi) is 4.67. The average molecular weight is 292 g/mol. The highest BCUT2D eigenvalue weighted by Crippen LogP contribution is 2.36. The van der Waals surface area contributed by atoms with E-state index < -0.39 is 0 Å². The van der Waals surface area contributed by atoms with Crippen LogP contribution in [0.15, 0.2) is 16.5 Å². The molecule has 2 heterocycles. The molecule has 0 radical (unpaired) electrons. The van der Waals surface area contributed by atoms with Gasteiger partial charge in [-0.05, 0) is 38.3 Å². The zero-order valence-corrected chi connectivity index (χ0v) is 13.3. The van der Waals surface area contributed by atoms with Gasteiger partial charge in [0, 0.05) is 18.6 Å². The van der Waals surface area contributed by atoms with E-state index in [0.717, 1.165) is 31.1 Å². The summed E-state index contributed by atoms with van der Waals surface area (Å²) in [6.45, 7) is 5.93. The van der Waals surface area contributed by atoms with Crippen LogP contribution in [0, 0.1) is 6.92 Å². The zero-order valence-electron chi connectivity index (χ0n) is 13.3. The number of rotatable bonds is 4. The van der Waals surface area contributed by atoms with Crippen molar-refractivity contribution in [1.29, 1.82) is 0 Å². The molecule has 4 unspecified atom stereocenters. The number of nitrogens with two attached hydrogens (primary N) is 1. The molecule has 118 valence electrons. The van der Waals surface area contributed by atoms with E-state index in [0.29, 0.717) is 12.1 Å². The lowest BCUT2D eigenvalue weighted by atomic mass is 9.87. The summed E-state index contributed by atoms with van der Waals surface area (Å²) in [5, 5.41) is 0. The first-order chi connectivity index (χ1) is 10.2. The topological polar surface area (TPSA) is 51.6 Å². The van der Waals surface area contributed by atoms with E-state index in [9.17, 15) is 0 Å². The van der Waals surface area contributed by atoms with Gasteiger partial charge in [0.15, 0.2) is 0 Å². The quantitative estimate of drug-likeness (QED) is 0.927. The van der Waals surface area contributed by atoms with Crippen LogP contribution in [-0.4, -0.2) is 36.2 Å². The summed E-state index contributed by atoms with van der Waals surface area (Å²) in [6.07, 6.45) is 6.34. The lowest BCUT2D eigenvalue weighted by molar-refractivity contribution is -0.109. The maximum absolute atomic E-state index is 6.47. The maximum Gasteiger partial charge on any atom is 0.122 e. The molecule has 1 aromatic rings. The Hall–Kier alpha value is -0.840. The molecule has 4 atom stereocenters. The van der Waals surface area contributed by atoms with Crippen LogP contribution in [0.2, 0.25) is 0 Å². The Balaban J connectivity index is 1.87. The van der Waals surface area contributed by atoms with Crippen molar-refractivity contribution in [3.8, 4) is 0 Å². The predicted octanol–water partition coefficient (Wildman–Crippen LogP) is 3.01. The van der Waals surface area contributed by atoms with Gasteiger partial charge in [-0.1, -0.05) is 19.8 Å². The van der Waals surface area contributed by atoms with E-state index in [-0.39, 0.29) is 12.1 Å². The lowest BCUT2D eigenvalue weighted by Gasteiger charge is -2.48. The van der Waals surface area contributed by atoms with Crippen molar-refractivity contribution in [3.05, 3.63) is 23.7 Å². The van der Waals surface area contributed by atoms with Crippen molar-refractivity contribution >= 4 is 0 Å². The van der Waals surface area contributed by atoms with Gasteiger partial charge < -0.3 is 14.9 Å². The van der Waals surface area contributed by atoms with Crippen LogP contribution in [0.4, 0.5) is 0 Å². The summed E-state index contributed by atoms with van der Waals surface area (Å²) in [5.74, 6) is 1.99. The molecular weight excluding hydrogens is 264 g/mol. The second-order valence-corrected chi connectivity index (χ2v) is 6.46. The molecule has 1 aliphatic carbocycles. The molecule has 0 amide bonds. The summed E-state index contributed by atoms with van der Waals surface area (Å²) in [6, 6.07) is 4.93. The Morgan fingerprint density at radius 2 is 2.14 bits per heavy atom. The zero-order chi connectivity index (χ0) is 14.8. The first kappa shape index (κ1) is 15.1. The number of furan rings is 1. The summed E-state index contributed by atoms with van der Waals surface area (Å²) in [5.41, 5.74) is 6.47. The number of nitrogens with zero attached hydrogens (tertiary/aromatic N) is 1. The number of ether oxygens (including phenoxy) is 1. The standard InChI is InChI=1S/C17H28N2O2/c1-3-13(18)17(16-9-8-12(2)21-16)19-10-11-20-15-7-5-4-6-14(15)19/h8-9,13-15,17H,3-7,10-11,18H2,1-2H3. The fourth-order valence-electron chi connectivity index (χ4n) is 3.93. The van der Waals surface area contributed by atoms with Crippen LogP contribution in [-0.2, 0) is 4.74 Å². The van der Waals surface area contributed by atoms with Crippen molar-refractivity contribution in [2.24, 2.45) is 5.73 Å². The monoisotopic (exact) mass is 292 g/mol. The van der Waals surface area contributed by atoms with Crippen molar-refractivity contribution in [2.75, 3.05) is 13.2 Å². The molecule has 0 aromatic carbocycles. The second kappa shape index (κ2) is 6.51. The summed E-state index contributed by atoms with van der Waals surface area (Å²) in [4.78, 5) is 2.57. The van der Waals surface area contributed by atoms with Gasteiger partial charge in [-0.2, -0.15) is 0 Å². The van der Waals surface area contributed by atoms with Gasteiger partial charge in [0.05, 0.1) is 18.8 Å². The van der Waals surface area contributed by atoms with Crippen molar-refractivity contribution < 1.29 is 9.15 Å². The number of hydrogen-bond acceptors (Lipinski definition) is 4. The lowest BCUT2D eigenvalue weighted by Crippen LogP contribution is -2.56. The van der Waals surface area contributed by atoms with Crippen LogP contribution in [0.3, 0.4) is 0 Å². The molecule has 1 aromatic heterocycles. The minimum atomic E-state index is 0.108. The molecule has 1 aliphatic heterocycles. The van der Waals surface area contributed by atoms with E-state index in [1.54, 1.807) is 0 Å². The van der Waals surface area contributed by atoms with E-state index in [2.05, 4.69) is 17.9 Å². The van der Waals surface area contributed by atoms with E-state index in [4.69, 9.17) is 14.9 Å². The van der Waals surface area contributed by atoms with Gasteiger partial charge in [0.1, 0.15) is 11.5 Å². The van der Waals surface area contributed by atoms with E-state index in [1.807, 2.05) is 13.0 Å². The number of morpholine rings is 1. The summed E-state index contributed by atoms with van der Waals surface area (Å²) < 4.78 is 11.9. The molecule has 0 bridgehead atoms. The fraction of sp³-hybridized carbons (Fsp3) is 0.765. The molecular formula is C17H28N2O2. The fourth-order valence-corrected chi connectivity index (χ4v) is 3.93. The van der Waals surface area contributed by atoms with Crippen LogP contribution < -0.4 is 5.73 Å². The highest BCUT2D eigenvalue weighted by Gasteiger charge is 2.40. The van der Waals surface area contributed by atoms with Crippen molar-refractivity contribution in [2.45, 2.75) is 70.2 Å². The maximum atomic E-state index is 6.47. The van der Waals surface area contributed by atoms with Crippen LogP contribution in [0.25, 0.3) is 0 Å². The first-order valence-corrected chi connectivity index (χ1v) is 8.40. The van der Waals surface area contributed by atoms with E-state index >= 15 is 0 Å². The third-order valence-electron chi connectivity index (χ3n) is 5.06. The minimum Gasteiger partial charge on any atom is -0.465 e. The SMILES string of the molecule is CCC(N)C(c1ccc(C)o1)N1CCOC2CCCCC21. The van der Waals surface area contributed by atoms with Gasteiger partial charge in [-0.3, -0.25) is 4.90 Å². The molecule has 2 fully saturated rings. The normalized spacial score (nSPS) is 29.9. The van der Waals surface area contributed by atoms with Crippen LogP contribution in [0.1, 0.15) is 56.6 Å². The van der Waals surface area contributed by atoms with Gasteiger partial charge >= 0.3 is 0 Å². The van der Waals surface area contributed by atoms with Gasteiger partial charge in [-0.25, -0.2) is 0 Å². The Morgan fingerprint density at radius 1 is 1.33 bits per heavy atom.